The molecule has 0 spiro atoms. The molecule has 2 aromatic carbocycles. The van der Waals surface area contributed by atoms with Crippen LogP contribution in [0.2, 0.25) is 10.0 Å². The summed E-state index contributed by atoms with van der Waals surface area (Å²) in [7, 11) is 0. The molecule has 2 N–H and O–H groups in total. The Morgan fingerprint density at radius 2 is 1.84 bits per heavy atom. The van der Waals surface area contributed by atoms with Crippen LogP contribution in [0.5, 0.6) is 11.5 Å². The Balaban J connectivity index is 1.21. The summed E-state index contributed by atoms with van der Waals surface area (Å²) in [6.45, 7) is 5.94. The summed E-state index contributed by atoms with van der Waals surface area (Å²) in [5.74, 6) is 2.32. The molecule has 2 aliphatic heterocycles. The molecule has 2 atom stereocenters. The largest absolute Gasteiger partial charge is 0.486 e. The standard InChI is InChI=1S/C31H32Cl2N8O4/c1-19-13-28(38-30(35-19)40-8-7-34-18-40)41-10-9-39(31(43)37-22-4-5-24(32)25(33)15-22)17-23(41)16-29(42)36-20(2)21-3-6-26-27(14-21)45-12-11-44-26/h3-8,13-15,18,20,23H,9-12,16-17H2,1-2H3,(H,36,42)(H,37,43). The molecule has 0 saturated carbocycles. The number of hydrogen-bond acceptors (Lipinski definition) is 8. The van der Waals surface area contributed by atoms with Crippen molar-refractivity contribution < 1.29 is 19.1 Å². The third-order valence-corrected chi connectivity index (χ3v) is 8.40. The first-order chi connectivity index (χ1) is 21.7. The van der Waals surface area contributed by atoms with Crippen molar-refractivity contribution in [3.63, 3.8) is 0 Å². The molecule has 4 aromatic rings. The van der Waals surface area contributed by atoms with Crippen LogP contribution < -0.4 is 25.0 Å². The van der Waals surface area contributed by atoms with Crippen LogP contribution in [-0.2, 0) is 4.79 Å². The minimum atomic E-state index is -0.379. The second kappa shape index (κ2) is 13.2. The van der Waals surface area contributed by atoms with Gasteiger partial charge in [0, 0.05) is 55.9 Å². The number of amides is 3. The molecule has 234 valence electrons. The van der Waals surface area contributed by atoms with Crippen molar-refractivity contribution in [1.82, 2.24) is 29.7 Å². The molecule has 0 bridgehead atoms. The fourth-order valence-corrected chi connectivity index (χ4v) is 5.69. The van der Waals surface area contributed by atoms with Crippen molar-refractivity contribution in [2.75, 3.05) is 43.1 Å². The van der Waals surface area contributed by atoms with Crippen molar-refractivity contribution >= 4 is 46.6 Å². The molecular formula is C31H32Cl2N8O4. The highest BCUT2D eigenvalue weighted by molar-refractivity contribution is 6.42. The van der Waals surface area contributed by atoms with Crippen LogP contribution in [0.1, 0.15) is 30.6 Å². The summed E-state index contributed by atoms with van der Waals surface area (Å²) in [4.78, 5) is 44.1. The highest BCUT2D eigenvalue weighted by atomic mass is 35.5. The lowest BCUT2D eigenvalue weighted by Gasteiger charge is -2.42. The number of anilines is 2. The molecule has 6 rings (SSSR count). The average molecular weight is 652 g/mol. The summed E-state index contributed by atoms with van der Waals surface area (Å²) in [6.07, 6.45) is 5.18. The number of piperazine rings is 1. The summed E-state index contributed by atoms with van der Waals surface area (Å²) in [5, 5.41) is 6.74. The molecule has 1 saturated heterocycles. The number of urea groups is 1. The van der Waals surface area contributed by atoms with Gasteiger partial charge in [-0.05, 0) is 49.7 Å². The Hall–Kier alpha value is -4.55. The summed E-state index contributed by atoms with van der Waals surface area (Å²) in [6, 6.07) is 11.5. The maximum absolute atomic E-state index is 13.5. The van der Waals surface area contributed by atoms with Crippen LogP contribution in [0.4, 0.5) is 16.3 Å². The number of halogens is 2. The van der Waals surface area contributed by atoms with E-state index in [4.69, 9.17) is 37.7 Å². The lowest BCUT2D eigenvalue weighted by molar-refractivity contribution is -0.122. The van der Waals surface area contributed by atoms with Gasteiger partial charge >= 0.3 is 6.03 Å². The van der Waals surface area contributed by atoms with E-state index in [0.29, 0.717) is 65.3 Å². The fraction of sp³-hybridized carbons (Fsp3) is 0.323. The molecule has 45 heavy (non-hydrogen) atoms. The molecule has 3 amide bonds. The molecule has 12 nitrogen and oxygen atoms in total. The van der Waals surface area contributed by atoms with Crippen LogP contribution in [0, 0.1) is 6.92 Å². The van der Waals surface area contributed by atoms with E-state index in [1.807, 2.05) is 38.1 Å². The number of aryl methyl sites for hydroxylation is 1. The van der Waals surface area contributed by atoms with E-state index >= 15 is 0 Å². The third-order valence-electron chi connectivity index (χ3n) is 7.66. The van der Waals surface area contributed by atoms with Crippen molar-refractivity contribution in [2.24, 2.45) is 0 Å². The van der Waals surface area contributed by atoms with E-state index in [1.165, 1.54) is 0 Å². The molecule has 2 aliphatic rings. The number of carbonyl (C=O) groups is 2. The lowest BCUT2D eigenvalue weighted by Crippen LogP contribution is -2.57. The van der Waals surface area contributed by atoms with Crippen LogP contribution in [-0.4, -0.2) is 75.2 Å². The average Bonchev–Trinajstić information content (AvgIpc) is 3.58. The number of fused-ring (bicyclic) bond motifs is 1. The van der Waals surface area contributed by atoms with Crippen molar-refractivity contribution in [3.05, 3.63) is 82.5 Å². The van der Waals surface area contributed by atoms with Gasteiger partial charge in [0.1, 0.15) is 25.4 Å². The highest BCUT2D eigenvalue weighted by Crippen LogP contribution is 2.33. The normalized spacial score (nSPS) is 16.7. The Labute approximate surface area is 270 Å². The SMILES string of the molecule is Cc1cc(N2CCN(C(=O)Nc3ccc(Cl)c(Cl)c3)CC2CC(=O)NC(C)c2ccc3c(c2)OCCO3)nc(-n2ccnc2)n1. The van der Waals surface area contributed by atoms with Crippen molar-refractivity contribution in [1.29, 1.82) is 0 Å². The summed E-state index contributed by atoms with van der Waals surface area (Å²) < 4.78 is 13.1. The molecule has 4 heterocycles. The maximum Gasteiger partial charge on any atom is 0.321 e. The number of benzene rings is 2. The second-order valence-electron chi connectivity index (χ2n) is 10.9. The van der Waals surface area contributed by atoms with E-state index in [9.17, 15) is 9.59 Å². The smallest absolute Gasteiger partial charge is 0.321 e. The zero-order valence-corrected chi connectivity index (χ0v) is 26.3. The van der Waals surface area contributed by atoms with E-state index in [0.717, 1.165) is 11.3 Å². The van der Waals surface area contributed by atoms with Crippen LogP contribution in [0.3, 0.4) is 0 Å². The number of hydrogen-bond donors (Lipinski definition) is 2. The molecule has 2 aromatic heterocycles. The van der Waals surface area contributed by atoms with Gasteiger partial charge in [0.05, 0.1) is 22.1 Å². The Kier molecular flexibility index (Phi) is 8.95. The molecule has 0 aliphatic carbocycles. The number of nitrogens with one attached hydrogen (secondary N) is 2. The van der Waals surface area contributed by atoms with E-state index in [2.05, 4.69) is 25.5 Å². The molecule has 0 radical (unpaired) electrons. The topological polar surface area (TPSA) is 127 Å². The van der Waals surface area contributed by atoms with Crippen LogP contribution >= 0.6 is 23.2 Å². The van der Waals surface area contributed by atoms with Gasteiger partial charge in [0.2, 0.25) is 11.9 Å². The van der Waals surface area contributed by atoms with E-state index < -0.39 is 0 Å². The Bertz CT molecular complexity index is 1700. The fourth-order valence-electron chi connectivity index (χ4n) is 5.40. The van der Waals surface area contributed by atoms with E-state index in [-0.39, 0.29) is 37.0 Å². The predicted octanol–water partition coefficient (Wildman–Crippen LogP) is 5.04. The van der Waals surface area contributed by atoms with Gasteiger partial charge in [-0.2, -0.15) is 4.98 Å². The molecule has 2 unspecified atom stereocenters. The molecule has 1 fully saturated rings. The van der Waals surface area contributed by atoms with Gasteiger partial charge in [0.15, 0.2) is 11.5 Å². The number of ether oxygens (including phenoxy) is 2. The zero-order valence-electron chi connectivity index (χ0n) is 24.7. The lowest BCUT2D eigenvalue weighted by atomic mass is 10.0. The van der Waals surface area contributed by atoms with Crippen molar-refractivity contribution in [3.8, 4) is 17.4 Å². The van der Waals surface area contributed by atoms with Gasteiger partial charge in [-0.1, -0.05) is 29.3 Å². The van der Waals surface area contributed by atoms with Gasteiger partial charge < -0.3 is 29.9 Å². The van der Waals surface area contributed by atoms with Gasteiger partial charge in [-0.3, -0.25) is 9.36 Å². The molecule has 14 heteroatoms. The number of carbonyl (C=O) groups excluding carboxylic acids is 2. The van der Waals surface area contributed by atoms with Gasteiger partial charge in [-0.15, -0.1) is 0 Å². The van der Waals surface area contributed by atoms with Gasteiger partial charge in [-0.25, -0.2) is 14.8 Å². The summed E-state index contributed by atoms with van der Waals surface area (Å²) in [5.41, 5.74) is 2.18. The second-order valence-corrected chi connectivity index (χ2v) is 11.7. The Morgan fingerprint density at radius 3 is 2.62 bits per heavy atom. The summed E-state index contributed by atoms with van der Waals surface area (Å²) >= 11 is 12.2. The number of nitrogens with zero attached hydrogens (tertiary/aromatic N) is 6. The number of rotatable bonds is 7. The van der Waals surface area contributed by atoms with Gasteiger partial charge in [0.25, 0.3) is 0 Å². The monoisotopic (exact) mass is 650 g/mol. The minimum absolute atomic E-state index is 0.120. The highest BCUT2D eigenvalue weighted by Gasteiger charge is 2.33. The number of imidazole rings is 1. The Morgan fingerprint density at radius 1 is 1.02 bits per heavy atom. The first-order valence-corrected chi connectivity index (χ1v) is 15.3. The van der Waals surface area contributed by atoms with Crippen LogP contribution in [0.25, 0.3) is 5.95 Å². The quantitative estimate of drug-likeness (QED) is 0.285. The molecular weight excluding hydrogens is 619 g/mol. The van der Waals surface area contributed by atoms with Crippen LogP contribution in [0.15, 0.2) is 61.2 Å². The minimum Gasteiger partial charge on any atom is -0.486 e. The zero-order chi connectivity index (χ0) is 31.5. The number of aromatic nitrogens is 4. The first kappa shape index (κ1) is 30.5. The maximum atomic E-state index is 13.5. The third kappa shape index (κ3) is 7.07. The van der Waals surface area contributed by atoms with Crippen molar-refractivity contribution in [2.45, 2.75) is 32.4 Å². The first-order valence-electron chi connectivity index (χ1n) is 14.5. The predicted molar refractivity (Wildman–Crippen MR) is 171 cm³/mol. The van der Waals surface area contributed by atoms with E-state index in [1.54, 1.807) is 46.4 Å².